The normalized spacial score (nSPS) is 13.6. The summed E-state index contributed by atoms with van der Waals surface area (Å²) in [4.78, 5) is 35.3. The number of benzene rings is 2. The zero-order valence-corrected chi connectivity index (χ0v) is 19.9. The van der Waals surface area contributed by atoms with E-state index in [9.17, 15) is 14.7 Å². The van der Waals surface area contributed by atoms with Crippen molar-refractivity contribution >= 4 is 39.3 Å². The molecule has 0 spiro atoms. The lowest BCUT2D eigenvalue weighted by Crippen LogP contribution is -2.40. The van der Waals surface area contributed by atoms with E-state index in [1.165, 1.54) is 4.90 Å². The summed E-state index contributed by atoms with van der Waals surface area (Å²) in [5.41, 5.74) is 3.32. The minimum Gasteiger partial charge on any atom is -0.497 e. The van der Waals surface area contributed by atoms with Crippen molar-refractivity contribution in [2.75, 3.05) is 20.3 Å². The predicted molar refractivity (Wildman–Crippen MR) is 126 cm³/mol. The molecule has 1 aliphatic heterocycles. The minimum atomic E-state index is -0.612. The number of nitrogens with one attached hydrogen (secondary N) is 1. The van der Waals surface area contributed by atoms with Gasteiger partial charge in [0.1, 0.15) is 12.3 Å². The fourth-order valence-corrected chi connectivity index (χ4v) is 4.24. The average molecular weight is 532 g/mol. The van der Waals surface area contributed by atoms with Crippen LogP contribution in [0.25, 0.3) is 11.3 Å². The van der Waals surface area contributed by atoms with E-state index in [1.807, 2.05) is 12.1 Å². The Morgan fingerprint density at radius 2 is 2.15 bits per heavy atom. The molecular weight excluding hydrogens is 512 g/mol. The smallest absolute Gasteiger partial charge is 0.254 e. The molecule has 4 rings (SSSR count). The molecule has 170 valence electrons. The van der Waals surface area contributed by atoms with Gasteiger partial charge in [0, 0.05) is 23.9 Å². The number of amides is 2. The first-order chi connectivity index (χ1) is 15.9. The van der Waals surface area contributed by atoms with Crippen molar-refractivity contribution < 1.29 is 19.4 Å². The van der Waals surface area contributed by atoms with Crippen LogP contribution in [0.3, 0.4) is 0 Å². The number of hydrogen-bond acceptors (Lipinski definition) is 6. The van der Waals surface area contributed by atoms with Crippen LogP contribution in [-0.4, -0.2) is 52.1 Å². The zero-order chi connectivity index (χ0) is 23.5. The first-order valence-electron chi connectivity index (χ1n) is 10.0. The fraction of sp³-hybridized carbons (Fsp3) is 0.217. The van der Waals surface area contributed by atoms with E-state index in [1.54, 1.807) is 43.6 Å². The molecule has 2 amide bonds. The summed E-state index contributed by atoms with van der Waals surface area (Å²) in [6.07, 6.45) is 1.55. The molecule has 2 heterocycles. The molecular formula is C23H20BrClN4O4. The first-order valence-corrected chi connectivity index (χ1v) is 11.2. The average Bonchev–Trinajstić information content (AvgIpc) is 3.13. The number of aromatic nitrogens is 2. The van der Waals surface area contributed by atoms with Crippen LogP contribution in [0.1, 0.15) is 27.5 Å². The zero-order valence-electron chi connectivity index (χ0n) is 17.6. The van der Waals surface area contributed by atoms with Gasteiger partial charge < -0.3 is 20.1 Å². The van der Waals surface area contributed by atoms with Gasteiger partial charge in [-0.05, 0) is 56.9 Å². The summed E-state index contributed by atoms with van der Waals surface area (Å²) in [6, 6.07) is 11.9. The molecule has 2 aromatic carbocycles. The van der Waals surface area contributed by atoms with E-state index < -0.39 is 6.04 Å². The minimum absolute atomic E-state index is 0.104. The van der Waals surface area contributed by atoms with Gasteiger partial charge in [-0.2, -0.15) is 0 Å². The number of nitrogens with zero attached hydrogens (tertiary/aromatic N) is 3. The van der Waals surface area contributed by atoms with E-state index in [-0.39, 0.29) is 30.2 Å². The fourth-order valence-electron chi connectivity index (χ4n) is 3.69. The molecule has 1 aliphatic rings. The number of carbonyl (C=O) groups excluding carboxylic acids is 2. The Hall–Kier alpha value is -3.01. The summed E-state index contributed by atoms with van der Waals surface area (Å²) in [7, 11) is 1.55. The third-order valence-corrected chi connectivity index (χ3v) is 6.09. The van der Waals surface area contributed by atoms with Gasteiger partial charge in [0.25, 0.3) is 5.91 Å². The molecule has 0 bridgehead atoms. The van der Waals surface area contributed by atoms with Crippen LogP contribution in [0, 0.1) is 0 Å². The molecule has 0 fully saturated rings. The predicted octanol–water partition coefficient (Wildman–Crippen LogP) is 3.37. The van der Waals surface area contributed by atoms with E-state index >= 15 is 0 Å². The number of halogens is 2. The van der Waals surface area contributed by atoms with Crippen LogP contribution in [0.4, 0.5) is 0 Å². The van der Waals surface area contributed by atoms with Crippen LogP contribution in [0.5, 0.6) is 5.75 Å². The van der Waals surface area contributed by atoms with Crippen molar-refractivity contribution in [3.8, 4) is 17.0 Å². The highest BCUT2D eigenvalue weighted by Gasteiger charge is 2.30. The Morgan fingerprint density at radius 3 is 2.91 bits per heavy atom. The number of fused-ring (bicyclic) bond motifs is 1. The number of rotatable bonds is 7. The van der Waals surface area contributed by atoms with Gasteiger partial charge in [-0.3, -0.25) is 9.59 Å². The first kappa shape index (κ1) is 23.2. The van der Waals surface area contributed by atoms with E-state index in [0.717, 1.165) is 5.56 Å². The summed E-state index contributed by atoms with van der Waals surface area (Å²) < 4.78 is 5.86. The van der Waals surface area contributed by atoms with Gasteiger partial charge in [-0.25, -0.2) is 9.97 Å². The number of carbonyl (C=O) groups is 2. The third kappa shape index (κ3) is 5.00. The van der Waals surface area contributed by atoms with Gasteiger partial charge in [-0.15, -0.1) is 0 Å². The monoisotopic (exact) mass is 530 g/mol. The van der Waals surface area contributed by atoms with Crippen molar-refractivity contribution in [1.82, 2.24) is 20.2 Å². The maximum atomic E-state index is 13.0. The highest BCUT2D eigenvalue weighted by molar-refractivity contribution is 9.10. The quantitative estimate of drug-likeness (QED) is 0.453. The molecule has 33 heavy (non-hydrogen) atoms. The standard InChI is InChI=1S/C23H20BrClN4O4/c1-33-16-4-2-3-13(7-16)19(12-30)27-20(31)11-29-10-15-6-5-14(8-17(15)22(29)32)21-18(24)9-26-23(25)28-21/h2-9,19,30H,10-12H2,1H3,(H,27,31)/t19-/m1/s1. The number of hydrogen-bond donors (Lipinski definition) is 2. The molecule has 3 aromatic rings. The summed E-state index contributed by atoms with van der Waals surface area (Å²) in [5.74, 6) is 0.00145. The SMILES string of the molecule is COc1cccc([C@@H](CO)NC(=O)CN2Cc3ccc(-c4nc(Cl)ncc4Br)cc3C2=O)c1. The second-order valence-corrected chi connectivity index (χ2v) is 8.64. The Bertz CT molecular complexity index is 1220. The molecule has 1 aromatic heterocycles. The maximum Gasteiger partial charge on any atom is 0.254 e. The summed E-state index contributed by atoms with van der Waals surface area (Å²) >= 11 is 9.33. The summed E-state index contributed by atoms with van der Waals surface area (Å²) in [6.45, 7) is -0.102. The molecule has 10 heteroatoms. The molecule has 8 nitrogen and oxygen atoms in total. The van der Waals surface area contributed by atoms with Crippen molar-refractivity contribution in [3.05, 3.63) is 75.1 Å². The lowest BCUT2D eigenvalue weighted by Gasteiger charge is -2.20. The Morgan fingerprint density at radius 1 is 1.33 bits per heavy atom. The van der Waals surface area contributed by atoms with Crippen molar-refractivity contribution in [2.45, 2.75) is 12.6 Å². The molecule has 0 saturated heterocycles. The van der Waals surface area contributed by atoms with Crippen LogP contribution in [0.15, 0.2) is 53.1 Å². The molecule has 0 radical (unpaired) electrons. The Kier molecular flexibility index (Phi) is 6.92. The van der Waals surface area contributed by atoms with E-state index in [4.69, 9.17) is 16.3 Å². The summed E-state index contributed by atoms with van der Waals surface area (Å²) in [5, 5.41) is 12.7. The molecule has 0 unspecified atom stereocenters. The third-order valence-electron chi connectivity index (χ3n) is 5.33. The number of aliphatic hydroxyl groups excluding tert-OH is 1. The van der Waals surface area contributed by atoms with Crippen molar-refractivity contribution in [1.29, 1.82) is 0 Å². The van der Waals surface area contributed by atoms with Gasteiger partial charge >= 0.3 is 0 Å². The molecule has 0 aliphatic carbocycles. The van der Waals surface area contributed by atoms with E-state index in [0.29, 0.717) is 39.2 Å². The maximum absolute atomic E-state index is 13.0. The van der Waals surface area contributed by atoms with Crippen LogP contribution < -0.4 is 10.1 Å². The second-order valence-electron chi connectivity index (χ2n) is 7.45. The van der Waals surface area contributed by atoms with Gasteiger partial charge in [0.2, 0.25) is 11.2 Å². The van der Waals surface area contributed by atoms with Crippen LogP contribution >= 0.6 is 27.5 Å². The molecule has 2 N–H and O–H groups in total. The van der Waals surface area contributed by atoms with Crippen molar-refractivity contribution in [3.63, 3.8) is 0 Å². The molecule has 1 atom stereocenters. The van der Waals surface area contributed by atoms with Gasteiger partial charge in [-0.1, -0.05) is 24.3 Å². The highest BCUT2D eigenvalue weighted by atomic mass is 79.9. The lowest BCUT2D eigenvalue weighted by atomic mass is 10.0. The van der Waals surface area contributed by atoms with Crippen LogP contribution in [-0.2, 0) is 11.3 Å². The number of ether oxygens (including phenoxy) is 1. The van der Waals surface area contributed by atoms with Gasteiger partial charge in [0.15, 0.2) is 0 Å². The Labute approximate surface area is 203 Å². The molecule has 0 saturated carbocycles. The van der Waals surface area contributed by atoms with Crippen LogP contribution in [0.2, 0.25) is 5.28 Å². The topological polar surface area (TPSA) is 105 Å². The number of aliphatic hydroxyl groups is 1. The van der Waals surface area contributed by atoms with Gasteiger partial charge in [0.05, 0.1) is 29.9 Å². The lowest BCUT2D eigenvalue weighted by molar-refractivity contribution is -0.122. The second kappa shape index (κ2) is 9.86. The Balaban J connectivity index is 1.47. The largest absolute Gasteiger partial charge is 0.497 e. The highest BCUT2D eigenvalue weighted by Crippen LogP contribution is 2.31. The number of methoxy groups -OCH3 is 1. The van der Waals surface area contributed by atoms with Crippen molar-refractivity contribution in [2.24, 2.45) is 0 Å². The van der Waals surface area contributed by atoms with E-state index in [2.05, 4.69) is 31.2 Å².